The molecule has 2 aromatic rings. The maximum Gasteiger partial charge on any atom is 0.265 e. The van der Waals surface area contributed by atoms with Crippen LogP contribution >= 0.6 is 0 Å². The Kier molecular flexibility index (Phi) is 6.62. The van der Waals surface area contributed by atoms with Crippen molar-refractivity contribution in [3.05, 3.63) is 48.3 Å². The van der Waals surface area contributed by atoms with Crippen LogP contribution in [0, 0.1) is 5.82 Å². The standard InChI is InChI=1S/C18H21FN2O5S/c1-4-20-18(22)12-21(15-8-6-5-7-14(15)19)27(23,24)13-9-10-16(25-2)17(11-13)26-3/h5-11H,4,12H2,1-3H3,(H,20,22). The van der Waals surface area contributed by atoms with Crippen molar-refractivity contribution in [2.24, 2.45) is 0 Å². The van der Waals surface area contributed by atoms with Crippen molar-refractivity contribution >= 4 is 21.6 Å². The largest absolute Gasteiger partial charge is 0.493 e. The maximum absolute atomic E-state index is 14.3. The second-order valence-corrected chi connectivity index (χ2v) is 7.30. The van der Waals surface area contributed by atoms with Crippen LogP contribution in [-0.4, -0.2) is 41.6 Å². The van der Waals surface area contributed by atoms with Gasteiger partial charge in [-0.3, -0.25) is 9.10 Å². The molecule has 0 radical (unpaired) electrons. The van der Waals surface area contributed by atoms with Crippen LogP contribution in [0.4, 0.5) is 10.1 Å². The van der Waals surface area contributed by atoms with Gasteiger partial charge in [0.2, 0.25) is 5.91 Å². The molecular formula is C18H21FN2O5S. The Morgan fingerprint density at radius 1 is 1.11 bits per heavy atom. The van der Waals surface area contributed by atoms with Gasteiger partial charge in [-0.05, 0) is 31.2 Å². The summed E-state index contributed by atoms with van der Waals surface area (Å²) in [5.74, 6) is -0.765. The summed E-state index contributed by atoms with van der Waals surface area (Å²) in [6, 6.07) is 9.36. The number of carbonyl (C=O) groups excluding carboxylic acids is 1. The molecule has 1 amide bonds. The molecular weight excluding hydrogens is 375 g/mol. The predicted molar refractivity (Wildman–Crippen MR) is 99.2 cm³/mol. The fourth-order valence-electron chi connectivity index (χ4n) is 2.44. The van der Waals surface area contributed by atoms with Gasteiger partial charge < -0.3 is 14.8 Å². The number of nitrogens with one attached hydrogen (secondary N) is 1. The Morgan fingerprint density at radius 2 is 1.78 bits per heavy atom. The number of anilines is 1. The third kappa shape index (κ3) is 4.48. The highest BCUT2D eigenvalue weighted by atomic mass is 32.2. The van der Waals surface area contributed by atoms with E-state index in [2.05, 4.69) is 5.32 Å². The van der Waals surface area contributed by atoms with Crippen LogP contribution in [0.25, 0.3) is 0 Å². The van der Waals surface area contributed by atoms with Crippen LogP contribution in [0.5, 0.6) is 11.5 Å². The normalized spacial score (nSPS) is 11.0. The molecule has 2 aromatic carbocycles. The van der Waals surface area contributed by atoms with Crippen molar-refractivity contribution in [1.82, 2.24) is 5.32 Å². The van der Waals surface area contributed by atoms with Gasteiger partial charge in [-0.1, -0.05) is 12.1 Å². The number of sulfonamides is 1. The number of benzene rings is 2. The molecule has 7 nitrogen and oxygen atoms in total. The molecule has 146 valence electrons. The Labute approximate surface area is 157 Å². The molecule has 0 atom stereocenters. The molecule has 0 aliphatic heterocycles. The molecule has 9 heteroatoms. The summed E-state index contributed by atoms with van der Waals surface area (Å²) >= 11 is 0. The lowest BCUT2D eigenvalue weighted by Gasteiger charge is -2.24. The van der Waals surface area contributed by atoms with Crippen molar-refractivity contribution in [3.63, 3.8) is 0 Å². The fourth-order valence-corrected chi connectivity index (χ4v) is 3.89. The summed E-state index contributed by atoms with van der Waals surface area (Å²) < 4.78 is 51.6. The van der Waals surface area contributed by atoms with Gasteiger partial charge >= 0.3 is 0 Å². The summed E-state index contributed by atoms with van der Waals surface area (Å²) in [4.78, 5) is 11.9. The lowest BCUT2D eigenvalue weighted by Crippen LogP contribution is -2.41. The zero-order valence-corrected chi connectivity index (χ0v) is 16.0. The molecule has 27 heavy (non-hydrogen) atoms. The van der Waals surface area contributed by atoms with Gasteiger partial charge in [-0.2, -0.15) is 0 Å². The van der Waals surface area contributed by atoms with Crippen LogP contribution in [0.3, 0.4) is 0 Å². The molecule has 0 bridgehead atoms. The van der Waals surface area contributed by atoms with E-state index in [0.29, 0.717) is 12.3 Å². The molecule has 0 spiro atoms. The lowest BCUT2D eigenvalue weighted by atomic mass is 10.3. The van der Waals surface area contributed by atoms with E-state index in [1.54, 1.807) is 6.92 Å². The van der Waals surface area contributed by atoms with Gasteiger partial charge in [0.15, 0.2) is 11.5 Å². The second-order valence-electron chi connectivity index (χ2n) is 5.43. The smallest absolute Gasteiger partial charge is 0.265 e. The third-order valence-corrected chi connectivity index (χ3v) is 5.48. The van der Waals surface area contributed by atoms with E-state index in [4.69, 9.17) is 9.47 Å². The van der Waals surface area contributed by atoms with Crippen LogP contribution in [0.1, 0.15) is 6.92 Å². The number of ether oxygens (including phenoxy) is 2. The molecule has 0 heterocycles. The van der Waals surface area contributed by atoms with E-state index in [-0.39, 0.29) is 16.3 Å². The molecule has 2 rings (SSSR count). The van der Waals surface area contributed by atoms with E-state index >= 15 is 0 Å². The molecule has 0 aromatic heterocycles. The number of hydrogen-bond acceptors (Lipinski definition) is 5. The number of likely N-dealkylation sites (N-methyl/N-ethyl adjacent to an activating group) is 1. The number of nitrogens with zero attached hydrogens (tertiary/aromatic N) is 1. The Bertz CT molecular complexity index is 918. The van der Waals surface area contributed by atoms with Crippen molar-refractivity contribution in [1.29, 1.82) is 0 Å². The van der Waals surface area contributed by atoms with Gasteiger partial charge in [-0.25, -0.2) is 12.8 Å². The van der Waals surface area contributed by atoms with E-state index in [1.807, 2.05) is 0 Å². The first kappa shape index (κ1) is 20.5. The molecule has 0 unspecified atom stereocenters. The van der Waals surface area contributed by atoms with Gasteiger partial charge in [0.1, 0.15) is 12.4 Å². The summed E-state index contributed by atoms with van der Waals surface area (Å²) in [5, 5.41) is 2.52. The summed E-state index contributed by atoms with van der Waals surface area (Å²) in [6.07, 6.45) is 0. The minimum atomic E-state index is -4.25. The van der Waals surface area contributed by atoms with Crippen molar-refractivity contribution in [2.45, 2.75) is 11.8 Å². The molecule has 0 saturated carbocycles. The van der Waals surface area contributed by atoms with Crippen LogP contribution in [0.15, 0.2) is 47.4 Å². The number of amides is 1. The highest BCUT2D eigenvalue weighted by Gasteiger charge is 2.29. The van der Waals surface area contributed by atoms with E-state index < -0.39 is 28.3 Å². The number of halogens is 1. The van der Waals surface area contributed by atoms with Crippen molar-refractivity contribution in [3.8, 4) is 11.5 Å². The first-order valence-corrected chi connectivity index (χ1v) is 9.55. The van der Waals surface area contributed by atoms with E-state index in [0.717, 1.165) is 10.4 Å². The minimum Gasteiger partial charge on any atom is -0.493 e. The molecule has 0 saturated heterocycles. The zero-order chi connectivity index (χ0) is 20.0. The third-order valence-electron chi connectivity index (χ3n) is 3.73. The molecule has 0 aliphatic rings. The predicted octanol–water partition coefficient (Wildman–Crippen LogP) is 2.17. The van der Waals surface area contributed by atoms with Crippen LogP contribution in [0.2, 0.25) is 0 Å². The number of carbonyl (C=O) groups is 1. The number of methoxy groups -OCH3 is 2. The SMILES string of the molecule is CCNC(=O)CN(c1ccccc1F)S(=O)(=O)c1ccc(OC)c(OC)c1. The Balaban J connectivity index is 2.56. The average Bonchev–Trinajstić information content (AvgIpc) is 2.66. The van der Waals surface area contributed by atoms with Crippen molar-refractivity contribution in [2.75, 3.05) is 31.6 Å². The van der Waals surface area contributed by atoms with Crippen LogP contribution < -0.4 is 19.1 Å². The Hall–Kier alpha value is -2.81. The summed E-state index contributed by atoms with van der Waals surface area (Å²) in [6.45, 7) is 1.46. The molecule has 0 fully saturated rings. The zero-order valence-electron chi connectivity index (χ0n) is 15.2. The maximum atomic E-state index is 14.3. The fraction of sp³-hybridized carbons (Fsp3) is 0.278. The van der Waals surface area contributed by atoms with Gasteiger partial charge in [0.25, 0.3) is 10.0 Å². The number of hydrogen-bond donors (Lipinski definition) is 1. The highest BCUT2D eigenvalue weighted by Crippen LogP contribution is 2.32. The summed E-state index contributed by atoms with van der Waals surface area (Å²) in [7, 11) is -1.45. The number of rotatable bonds is 8. The number of para-hydroxylation sites is 1. The first-order valence-electron chi connectivity index (χ1n) is 8.11. The first-order chi connectivity index (χ1) is 12.8. The van der Waals surface area contributed by atoms with E-state index in [1.165, 1.54) is 50.6 Å². The topological polar surface area (TPSA) is 84.9 Å². The Morgan fingerprint density at radius 3 is 2.37 bits per heavy atom. The van der Waals surface area contributed by atoms with Crippen LogP contribution in [-0.2, 0) is 14.8 Å². The van der Waals surface area contributed by atoms with E-state index in [9.17, 15) is 17.6 Å². The van der Waals surface area contributed by atoms with Gasteiger partial charge in [0, 0.05) is 12.6 Å². The van der Waals surface area contributed by atoms with Gasteiger partial charge in [-0.15, -0.1) is 0 Å². The quantitative estimate of drug-likeness (QED) is 0.739. The minimum absolute atomic E-state index is 0.160. The lowest BCUT2D eigenvalue weighted by molar-refractivity contribution is -0.119. The average molecular weight is 396 g/mol. The molecule has 1 N–H and O–H groups in total. The monoisotopic (exact) mass is 396 g/mol. The van der Waals surface area contributed by atoms with Crippen molar-refractivity contribution < 1.29 is 27.1 Å². The second kappa shape index (κ2) is 8.72. The summed E-state index contributed by atoms with van der Waals surface area (Å²) in [5.41, 5.74) is -0.224. The van der Waals surface area contributed by atoms with Gasteiger partial charge in [0.05, 0.1) is 24.8 Å². The molecule has 0 aliphatic carbocycles. The highest BCUT2D eigenvalue weighted by molar-refractivity contribution is 7.92.